The number of rotatable bonds is 6. The summed E-state index contributed by atoms with van der Waals surface area (Å²) in [5.74, 6) is 0.854. The molecule has 1 atom stereocenters. The maximum atomic E-state index is 6.05. The second kappa shape index (κ2) is 7.27. The van der Waals surface area contributed by atoms with Crippen LogP contribution in [0.1, 0.15) is 19.3 Å². The van der Waals surface area contributed by atoms with Crippen LogP contribution >= 0.6 is 0 Å². The summed E-state index contributed by atoms with van der Waals surface area (Å²) < 4.78 is 7.85. The third kappa shape index (κ3) is 3.85. The first-order chi connectivity index (χ1) is 12.3. The summed E-state index contributed by atoms with van der Waals surface area (Å²) in [6, 6.07) is 8.04. The van der Waals surface area contributed by atoms with Crippen molar-refractivity contribution in [3.05, 3.63) is 36.7 Å². The van der Waals surface area contributed by atoms with E-state index in [9.17, 15) is 0 Å². The van der Waals surface area contributed by atoms with Gasteiger partial charge in [0.2, 0.25) is 0 Å². The molecule has 6 heteroatoms. The third-order valence-electron chi connectivity index (χ3n) is 4.73. The van der Waals surface area contributed by atoms with Crippen LogP contribution in [-0.4, -0.2) is 52.7 Å². The number of aromatic nitrogens is 2. The van der Waals surface area contributed by atoms with Gasteiger partial charge < -0.3 is 9.57 Å². The van der Waals surface area contributed by atoms with Gasteiger partial charge in [0.15, 0.2) is 6.10 Å². The van der Waals surface area contributed by atoms with Gasteiger partial charge in [0.1, 0.15) is 12.4 Å². The number of benzene rings is 1. The molecule has 0 amide bonds. The number of aryl methyl sites for hydroxylation is 1. The van der Waals surface area contributed by atoms with E-state index in [4.69, 9.17) is 9.57 Å². The summed E-state index contributed by atoms with van der Waals surface area (Å²) in [6.07, 6.45) is 7.29. The molecular formula is C19H24N4O2. The molecule has 6 nitrogen and oxygen atoms in total. The molecule has 0 spiro atoms. The summed E-state index contributed by atoms with van der Waals surface area (Å²) in [5.41, 5.74) is 3.24. The first-order valence-electron chi connectivity index (χ1n) is 8.93. The second-order valence-corrected chi connectivity index (χ2v) is 6.78. The first kappa shape index (κ1) is 16.1. The quantitative estimate of drug-likeness (QED) is 0.811. The normalized spacial score (nSPS) is 20.5. The molecule has 1 fully saturated rings. The Kier molecular flexibility index (Phi) is 4.70. The van der Waals surface area contributed by atoms with Crippen molar-refractivity contribution in [1.82, 2.24) is 14.7 Å². The summed E-state index contributed by atoms with van der Waals surface area (Å²) in [4.78, 5) is 8.01. The molecule has 2 aliphatic rings. The van der Waals surface area contributed by atoms with Crippen molar-refractivity contribution in [2.45, 2.75) is 25.4 Å². The van der Waals surface area contributed by atoms with E-state index in [1.54, 1.807) is 4.68 Å². The molecule has 0 N–H and O–H groups in total. The monoisotopic (exact) mass is 340 g/mol. The maximum Gasteiger partial charge on any atom is 0.166 e. The van der Waals surface area contributed by atoms with Gasteiger partial charge in [-0.05, 0) is 32.0 Å². The van der Waals surface area contributed by atoms with E-state index in [1.165, 1.54) is 25.9 Å². The van der Waals surface area contributed by atoms with Crippen molar-refractivity contribution in [2.75, 3.05) is 26.2 Å². The van der Waals surface area contributed by atoms with Crippen molar-refractivity contribution < 1.29 is 9.57 Å². The highest BCUT2D eigenvalue weighted by Gasteiger charge is 2.24. The molecule has 25 heavy (non-hydrogen) atoms. The van der Waals surface area contributed by atoms with Crippen molar-refractivity contribution in [1.29, 1.82) is 0 Å². The Bertz CT molecular complexity index is 749. The van der Waals surface area contributed by atoms with Gasteiger partial charge in [0.25, 0.3) is 0 Å². The fourth-order valence-corrected chi connectivity index (χ4v) is 3.44. The van der Waals surface area contributed by atoms with Gasteiger partial charge in [-0.25, -0.2) is 0 Å². The largest absolute Gasteiger partial charge is 0.489 e. The van der Waals surface area contributed by atoms with Crippen LogP contribution in [-0.2, 0) is 11.9 Å². The Morgan fingerprint density at radius 3 is 2.88 bits per heavy atom. The standard InChI is InChI=1S/C19H24N4O2/c1-22-12-15(11-20-22)18-6-2-3-7-19(18)24-14-17-10-16(21-25-17)13-23-8-4-5-9-23/h2-3,6-7,11-12,17H,4-5,8-10,13-14H2,1H3. The highest BCUT2D eigenvalue weighted by Crippen LogP contribution is 2.29. The Morgan fingerprint density at radius 2 is 2.08 bits per heavy atom. The van der Waals surface area contributed by atoms with Crippen LogP contribution in [0.25, 0.3) is 11.1 Å². The zero-order valence-corrected chi connectivity index (χ0v) is 14.6. The number of para-hydroxylation sites is 1. The van der Waals surface area contributed by atoms with Gasteiger partial charge in [-0.3, -0.25) is 9.58 Å². The van der Waals surface area contributed by atoms with Gasteiger partial charge in [-0.2, -0.15) is 5.10 Å². The minimum Gasteiger partial charge on any atom is -0.489 e. The molecule has 0 radical (unpaired) electrons. The molecule has 0 aliphatic carbocycles. The average molecular weight is 340 g/mol. The molecule has 1 aromatic heterocycles. The zero-order valence-electron chi connectivity index (χ0n) is 14.6. The molecule has 0 saturated carbocycles. The van der Waals surface area contributed by atoms with Gasteiger partial charge in [0, 0.05) is 37.3 Å². The van der Waals surface area contributed by atoms with Crippen molar-refractivity contribution >= 4 is 5.71 Å². The van der Waals surface area contributed by atoms with E-state index < -0.39 is 0 Å². The molecule has 1 unspecified atom stereocenters. The molecule has 1 aromatic carbocycles. The number of oxime groups is 1. The van der Waals surface area contributed by atoms with Crippen molar-refractivity contribution in [3.63, 3.8) is 0 Å². The summed E-state index contributed by atoms with van der Waals surface area (Å²) in [5, 5.41) is 8.50. The minimum absolute atomic E-state index is 0.000410. The van der Waals surface area contributed by atoms with E-state index >= 15 is 0 Å². The summed E-state index contributed by atoms with van der Waals surface area (Å²) in [7, 11) is 1.92. The van der Waals surface area contributed by atoms with E-state index in [0.29, 0.717) is 6.61 Å². The lowest BCUT2D eigenvalue weighted by Gasteiger charge is -2.14. The lowest BCUT2D eigenvalue weighted by molar-refractivity contribution is 0.0472. The highest BCUT2D eigenvalue weighted by molar-refractivity contribution is 5.87. The fraction of sp³-hybridized carbons (Fsp3) is 0.474. The number of hydrogen-bond donors (Lipinski definition) is 0. The smallest absolute Gasteiger partial charge is 0.166 e. The molecule has 4 rings (SSSR count). The second-order valence-electron chi connectivity index (χ2n) is 6.78. The lowest BCUT2D eigenvalue weighted by Crippen LogP contribution is -2.27. The van der Waals surface area contributed by atoms with Gasteiger partial charge >= 0.3 is 0 Å². The average Bonchev–Trinajstić information content (AvgIpc) is 3.36. The van der Waals surface area contributed by atoms with Gasteiger partial charge in [-0.15, -0.1) is 0 Å². The summed E-state index contributed by atoms with van der Waals surface area (Å²) in [6.45, 7) is 3.80. The van der Waals surface area contributed by atoms with E-state index in [1.807, 2.05) is 37.6 Å². The number of hydrogen-bond acceptors (Lipinski definition) is 5. The van der Waals surface area contributed by atoms with Crippen molar-refractivity contribution in [2.24, 2.45) is 12.2 Å². The van der Waals surface area contributed by atoms with Crippen LogP contribution in [0.3, 0.4) is 0 Å². The van der Waals surface area contributed by atoms with Crippen LogP contribution in [0.4, 0.5) is 0 Å². The fourth-order valence-electron chi connectivity index (χ4n) is 3.44. The molecular weight excluding hydrogens is 316 g/mol. The number of likely N-dealkylation sites (tertiary alicyclic amines) is 1. The minimum atomic E-state index is -0.000410. The summed E-state index contributed by atoms with van der Waals surface area (Å²) >= 11 is 0. The number of ether oxygens (including phenoxy) is 1. The molecule has 132 valence electrons. The third-order valence-corrected chi connectivity index (χ3v) is 4.73. The highest BCUT2D eigenvalue weighted by atomic mass is 16.7. The van der Waals surface area contributed by atoms with Crippen LogP contribution in [0.15, 0.2) is 41.8 Å². The molecule has 2 aromatic rings. The zero-order chi connectivity index (χ0) is 17.1. The molecule has 2 aliphatic heterocycles. The van der Waals surface area contributed by atoms with Crippen LogP contribution < -0.4 is 4.74 Å². The van der Waals surface area contributed by atoms with Gasteiger partial charge in [-0.1, -0.05) is 23.4 Å². The topological polar surface area (TPSA) is 51.9 Å². The number of nitrogens with zero attached hydrogens (tertiary/aromatic N) is 4. The van der Waals surface area contributed by atoms with Crippen LogP contribution in [0.2, 0.25) is 0 Å². The first-order valence-corrected chi connectivity index (χ1v) is 8.93. The van der Waals surface area contributed by atoms with Crippen LogP contribution in [0.5, 0.6) is 5.75 Å². The Labute approximate surface area is 148 Å². The van der Waals surface area contributed by atoms with E-state index in [2.05, 4.69) is 21.2 Å². The predicted octanol–water partition coefficient (Wildman–Crippen LogP) is 2.71. The maximum absolute atomic E-state index is 6.05. The SMILES string of the molecule is Cn1cc(-c2ccccc2OCC2CC(CN3CCCC3)=NO2)cn1. The van der Waals surface area contributed by atoms with Crippen LogP contribution in [0, 0.1) is 0 Å². The van der Waals surface area contributed by atoms with Gasteiger partial charge in [0.05, 0.1) is 11.9 Å². The molecule has 0 bridgehead atoms. The van der Waals surface area contributed by atoms with Crippen molar-refractivity contribution in [3.8, 4) is 16.9 Å². The Balaban J connectivity index is 1.33. The van der Waals surface area contributed by atoms with E-state index in [-0.39, 0.29) is 6.10 Å². The molecule has 1 saturated heterocycles. The Hall–Kier alpha value is -2.34. The molecule has 3 heterocycles. The lowest BCUT2D eigenvalue weighted by atomic mass is 10.1. The predicted molar refractivity (Wildman–Crippen MR) is 96.7 cm³/mol. The Morgan fingerprint density at radius 1 is 1.24 bits per heavy atom. The van der Waals surface area contributed by atoms with E-state index in [0.717, 1.165) is 35.6 Å².